The van der Waals surface area contributed by atoms with Crippen LogP contribution in [-0.4, -0.2) is 59.6 Å². The molecule has 2 aromatic rings. The molecule has 1 aromatic heterocycles. The van der Waals surface area contributed by atoms with Crippen molar-refractivity contribution in [2.75, 3.05) is 40.3 Å². The average Bonchev–Trinajstić information content (AvgIpc) is 3.18. The molecule has 0 aliphatic heterocycles. The molecule has 2 rings (SSSR count). The fourth-order valence-electron chi connectivity index (χ4n) is 2.15. The lowest BCUT2D eigenvalue weighted by Gasteiger charge is -2.22. The number of benzene rings is 1. The van der Waals surface area contributed by atoms with E-state index in [9.17, 15) is 8.42 Å². The molecule has 1 heterocycles. The SMILES string of the molecule is CN=C(NCCNS(=O)(=O)c1cccs1)N(C)CCOc1ccccc1.I. The van der Waals surface area contributed by atoms with Crippen LogP contribution in [0, 0.1) is 0 Å². The quantitative estimate of drug-likeness (QED) is 0.228. The van der Waals surface area contributed by atoms with E-state index in [1.54, 1.807) is 24.6 Å². The molecule has 0 radical (unpaired) electrons. The van der Waals surface area contributed by atoms with Crippen molar-refractivity contribution in [3.8, 4) is 5.75 Å². The van der Waals surface area contributed by atoms with Crippen LogP contribution in [-0.2, 0) is 10.0 Å². The molecule has 27 heavy (non-hydrogen) atoms. The van der Waals surface area contributed by atoms with E-state index in [4.69, 9.17) is 4.74 Å². The predicted molar refractivity (Wildman–Crippen MR) is 121 cm³/mol. The Kier molecular flexibility index (Phi) is 10.7. The van der Waals surface area contributed by atoms with Gasteiger partial charge in [-0.25, -0.2) is 13.1 Å². The molecule has 0 saturated carbocycles. The summed E-state index contributed by atoms with van der Waals surface area (Å²) in [7, 11) is 0.158. The number of ether oxygens (including phenoxy) is 1. The zero-order valence-electron chi connectivity index (χ0n) is 15.3. The third kappa shape index (κ3) is 8.03. The Labute approximate surface area is 181 Å². The minimum absolute atomic E-state index is 0. The van der Waals surface area contributed by atoms with Crippen molar-refractivity contribution in [2.24, 2.45) is 4.99 Å². The largest absolute Gasteiger partial charge is 0.492 e. The third-order valence-corrected chi connectivity index (χ3v) is 6.33. The van der Waals surface area contributed by atoms with Gasteiger partial charge in [0.1, 0.15) is 16.6 Å². The van der Waals surface area contributed by atoms with Crippen molar-refractivity contribution < 1.29 is 13.2 Å². The van der Waals surface area contributed by atoms with Gasteiger partial charge in [0.15, 0.2) is 5.96 Å². The van der Waals surface area contributed by atoms with Gasteiger partial charge in [-0.05, 0) is 23.6 Å². The molecular formula is C17H25IN4O3S2. The van der Waals surface area contributed by atoms with Gasteiger partial charge in [-0.3, -0.25) is 4.99 Å². The Bertz CT molecular complexity index is 784. The maximum atomic E-state index is 12.0. The summed E-state index contributed by atoms with van der Waals surface area (Å²) in [6.45, 7) is 1.87. The zero-order chi connectivity index (χ0) is 18.8. The number of thiophene rings is 1. The van der Waals surface area contributed by atoms with Crippen LogP contribution in [0.2, 0.25) is 0 Å². The summed E-state index contributed by atoms with van der Waals surface area (Å²) >= 11 is 1.19. The smallest absolute Gasteiger partial charge is 0.250 e. The number of rotatable bonds is 9. The van der Waals surface area contributed by atoms with Gasteiger partial charge in [0, 0.05) is 27.2 Å². The van der Waals surface area contributed by atoms with Crippen LogP contribution in [0.5, 0.6) is 5.75 Å². The van der Waals surface area contributed by atoms with Gasteiger partial charge in [-0.2, -0.15) is 0 Å². The molecule has 0 unspecified atom stereocenters. The van der Waals surface area contributed by atoms with E-state index in [2.05, 4.69) is 15.0 Å². The Morgan fingerprint density at radius 1 is 1.19 bits per heavy atom. The van der Waals surface area contributed by atoms with Gasteiger partial charge >= 0.3 is 0 Å². The Morgan fingerprint density at radius 2 is 1.93 bits per heavy atom. The van der Waals surface area contributed by atoms with E-state index >= 15 is 0 Å². The van der Waals surface area contributed by atoms with Crippen molar-refractivity contribution >= 4 is 51.3 Å². The second kappa shape index (κ2) is 12.2. The van der Waals surface area contributed by atoms with Crippen LogP contribution < -0.4 is 14.8 Å². The standard InChI is InChI=1S/C17H24N4O3S2.HI/c1-18-17(21(2)12-13-24-15-7-4-3-5-8-15)19-10-11-20-26(22,23)16-9-6-14-25-16;/h3-9,14,20H,10-13H2,1-2H3,(H,18,19);1H. The number of guanidine groups is 1. The molecule has 7 nitrogen and oxygen atoms in total. The lowest BCUT2D eigenvalue weighted by molar-refractivity contribution is 0.281. The van der Waals surface area contributed by atoms with Gasteiger partial charge in [0.2, 0.25) is 10.0 Å². The van der Waals surface area contributed by atoms with E-state index < -0.39 is 10.0 Å². The monoisotopic (exact) mass is 524 g/mol. The minimum atomic E-state index is -3.43. The van der Waals surface area contributed by atoms with Crippen molar-refractivity contribution in [1.82, 2.24) is 14.9 Å². The number of hydrogen-bond donors (Lipinski definition) is 2. The van der Waals surface area contributed by atoms with Crippen molar-refractivity contribution in [3.63, 3.8) is 0 Å². The first kappa shape index (κ1) is 23.7. The minimum Gasteiger partial charge on any atom is -0.492 e. The van der Waals surface area contributed by atoms with E-state index in [-0.39, 0.29) is 30.5 Å². The number of likely N-dealkylation sites (N-methyl/N-ethyl adjacent to an activating group) is 1. The van der Waals surface area contributed by atoms with Gasteiger partial charge in [-0.15, -0.1) is 35.3 Å². The fraction of sp³-hybridized carbons (Fsp3) is 0.353. The molecule has 0 amide bonds. The molecule has 0 saturated heterocycles. The predicted octanol–water partition coefficient (Wildman–Crippen LogP) is 2.23. The van der Waals surface area contributed by atoms with Crippen molar-refractivity contribution in [2.45, 2.75) is 4.21 Å². The van der Waals surface area contributed by atoms with Crippen molar-refractivity contribution in [3.05, 3.63) is 47.8 Å². The third-order valence-electron chi connectivity index (χ3n) is 3.47. The number of nitrogens with one attached hydrogen (secondary N) is 2. The molecule has 2 N–H and O–H groups in total. The van der Waals surface area contributed by atoms with E-state index in [0.29, 0.717) is 29.9 Å². The van der Waals surface area contributed by atoms with Gasteiger partial charge < -0.3 is 15.0 Å². The van der Waals surface area contributed by atoms with E-state index in [1.165, 1.54) is 11.3 Å². The number of sulfonamides is 1. The molecule has 0 bridgehead atoms. The lowest BCUT2D eigenvalue weighted by Crippen LogP contribution is -2.43. The van der Waals surface area contributed by atoms with Crippen LogP contribution in [0.15, 0.2) is 57.0 Å². The highest BCUT2D eigenvalue weighted by atomic mass is 127. The van der Waals surface area contributed by atoms with Crippen LogP contribution in [0.25, 0.3) is 0 Å². The molecule has 0 spiro atoms. The molecule has 0 aliphatic rings. The molecule has 0 aliphatic carbocycles. The van der Waals surface area contributed by atoms with E-state index in [0.717, 1.165) is 5.75 Å². The number of para-hydroxylation sites is 1. The lowest BCUT2D eigenvalue weighted by atomic mass is 10.3. The summed E-state index contributed by atoms with van der Waals surface area (Å²) in [5.74, 6) is 1.50. The number of halogens is 1. The summed E-state index contributed by atoms with van der Waals surface area (Å²) in [5.41, 5.74) is 0. The normalized spacial score (nSPS) is 11.6. The highest BCUT2D eigenvalue weighted by Gasteiger charge is 2.14. The zero-order valence-corrected chi connectivity index (χ0v) is 19.3. The summed E-state index contributed by atoms with van der Waals surface area (Å²) < 4.78 is 32.6. The summed E-state index contributed by atoms with van der Waals surface area (Å²) in [5, 5.41) is 4.87. The Hall–Kier alpha value is -1.37. The molecule has 10 heteroatoms. The maximum Gasteiger partial charge on any atom is 0.250 e. The molecule has 0 atom stereocenters. The Balaban J connectivity index is 0.00000364. The number of aliphatic imine (C=N–C) groups is 1. The van der Waals surface area contributed by atoms with Gasteiger partial charge in [-0.1, -0.05) is 24.3 Å². The average molecular weight is 524 g/mol. The maximum absolute atomic E-state index is 12.0. The highest BCUT2D eigenvalue weighted by molar-refractivity contribution is 14.0. The van der Waals surface area contributed by atoms with Crippen LogP contribution >= 0.6 is 35.3 Å². The number of hydrogen-bond acceptors (Lipinski definition) is 5. The second-order valence-corrected chi connectivity index (χ2v) is 8.33. The van der Waals surface area contributed by atoms with Crippen LogP contribution in [0.1, 0.15) is 0 Å². The van der Waals surface area contributed by atoms with Crippen LogP contribution in [0.4, 0.5) is 0 Å². The summed E-state index contributed by atoms with van der Waals surface area (Å²) in [4.78, 5) is 6.13. The summed E-state index contributed by atoms with van der Waals surface area (Å²) in [6.07, 6.45) is 0. The second-order valence-electron chi connectivity index (χ2n) is 5.39. The highest BCUT2D eigenvalue weighted by Crippen LogP contribution is 2.14. The first-order valence-electron chi connectivity index (χ1n) is 8.16. The number of nitrogens with zero attached hydrogens (tertiary/aromatic N) is 2. The topological polar surface area (TPSA) is 83.0 Å². The van der Waals surface area contributed by atoms with Gasteiger partial charge in [0.05, 0.1) is 6.54 Å². The molecular weight excluding hydrogens is 499 g/mol. The van der Waals surface area contributed by atoms with Crippen molar-refractivity contribution in [1.29, 1.82) is 0 Å². The van der Waals surface area contributed by atoms with Crippen LogP contribution in [0.3, 0.4) is 0 Å². The Morgan fingerprint density at radius 3 is 2.56 bits per heavy atom. The molecule has 1 aromatic carbocycles. The first-order chi connectivity index (χ1) is 12.5. The van der Waals surface area contributed by atoms with E-state index in [1.807, 2.05) is 42.3 Å². The molecule has 0 fully saturated rings. The molecule has 150 valence electrons. The van der Waals surface area contributed by atoms with Gasteiger partial charge in [0.25, 0.3) is 0 Å². The fourth-order valence-corrected chi connectivity index (χ4v) is 4.22. The summed E-state index contributed by atoms with van der Waals surface area (Å²) in [6, 6.07) is 12.9. The first-order valence-corrected chi connectivity index (χ1v) is 10.5.